The number of carbonyl (C=O) groups is 2. The van der Waals surface area contributed by atoms with E-state index in [1.54, 1.807) is 12.1 Å². The van der Waals surface area contributed by atoms with Gasteiger partial charge in [-0.3, -0.25) is 13.9 Å². The van der Waals surface area contributed by atoms with Crippen LogP contribution in [-0.4, -0.2) is 49.5 Å². The van der Waals surface area contributed by atoms with Gasteiger partial charge < -0.3 is 10.2 Å². The molecule has 42 heavy (non-hydrogen) atoms. The largest absolute Gasteiger partial charge is 0.350 e. The molecule has 220 valence electrons. The van der Waals surface area contributed by atoms with Crippen molar-refractivity contribution in [2.45, 2.75) is 52.2 Å². The van der Waals surface area contributed by atoms with Gasteiger partial charge in [-0.25, -0.2) is 8.42 Å². The topological polar surface area (TPSA) is 86.8 Å². The third kappa shape index (κ3) is 7.97. The highest BCUT2D eigenvalue weighted by Crippen LogP contribution is 2.29. The quantitative estimate of drug-likeness (QED) is 0.268. The fourth-order valence-corrected chi connectivity index (χ4v) is 5.78. The molecule has 0 aliphatic rings. The number of anilines is 1. The summed E-state index contributed by atoms with van der Waals surface area (Å²) in [5.41, 5.74) is 2.68. The monoisotopic (exact) mass is 585 g/mol. The van der Waals surface area contributed by atoms with Gasteiger partial charge >= 0.3 is 0 Å². The lowest BCUT2D eigenvalue weighted by Gasteiger charge is -2.35. The van der Waals surface area contributed by atoms with Crippen LogP contribution < -0.4 is 9.62 Å². The highest BCUT2D eigenvalue weighted by Gasteiger charge is 2.34. The van der Waals surface area contributed by atoms with E-state index < -0.39 is 34.1 Å². The summed E-state index contributed by atoms with van der Waals surface area (Å²) in [5.74, 6) is -0.776. The zero-order chi connectivity index (χ0) is 30.5. The fraction of sp³-hybridized carbons (Fsp3) is 0.294. The van der Waals surface area contributed by atoms with Gasteiger partial charge in [0.1, 0.15) is 12.6 Å². The molecule has 4 rings (SSSR count). The lowest BCUT2D eigenvalue weighted by molar-refractivity contribution is -0.140. The molecule has 1 N–H and O–H groups in total. The standard InChI is InChI=1S/C34H39N3O4S/c1-25-18-20-27(21-19-25)23-36(31(33(39)35-34(2,3)4)22-26-12-7-6-8-13-26)32(38)24-37(42(5,40)41)30-17-11-15-28-14-9-10-16-29(28)30/h6-21,31H,22-24H2,1-5H3,(H,35,39)/t31-/m1/s1. The van der Waals surface area contributed by atoms with Gasteiger partial charge in [0.2, 0.25) is 21.8 Å². The second-order valence-electron chi connectivity index (χ2n) is 11.7. The second-order valence-corrected chi connectivity index (χ2v) is 13.6. The molecule has 4 aromatic rings. The van der Waals surface area contributed by atoms with Crippen molar-refractivity contribution in [2.24, 2.45) is 0 Å². The molecule has 1 atom stereocenters. The number of sulfonamides is 1. The number of fused-ring (bicyclic) bond motifs is 1. The van der Waals surface area contributed by atoms with Crippen LogP contribution in [0.4, 0.5) is 5.69 Å². The molecule has 0 saturated carbocycles. The minimum atomic E-state index is -3.86. The van der Waals surface area contributed by atoms with E-state index in [1.807, 2.05) is 113 Å². The Kier molecular flexibility index (Phi) is 9.36. The van der Waals surface area contributed by atoms with Crippen molar-refractivity contribution < 1.29 is 18.0 Å². The summed E-state index contributed by atoms with van der Waals surface area (Å²) in [6.07, 6.45) is 1.37. The molecule has 2 amide bonds. The van der Waals surface area contributed by atoms with Gasteiger partial charge in [0.25, 0.3) is 0 Å². The number of nitrogens with one attached hydrogen (secondary N) is 1. The van der Waals surface area contributed by atoms with Gasteiger partial charge in [-0.1, -0.05) is 96.6 Å². The van der Waals surface area contributed by atoms with E-state index in [0.717, 1.165) is 38.0 Å². The number of amides is 2. The van der Waals surface area contributed by atoms with Gasteiger partial charge in [0, 0.05) is 23.9 Å². The first-order valence-corrected chi connectivity index (χ1v) is 15.8. The van der Waals surface area contributed by atoms with Crippen LogP contribution in [0.2, 0.25) is 0 Å². The van der Waals surface area contributed by atoms with Crippen molar-refractivity contribution in [3.8, 4) is 0 Å². The highest BCUT2D eigenvalue weighted by molar-refractivity contribution is 7.92. The predicted octanol–water partition coefficient (Wildman–Crippen LogP) is 5.47. The molecule has 0 aliphatic heterocycles. The Balaban J connectivity index is 1.79. The molecule has 0 unspecified atom stereocenters. The number of hydrogen-bond donors (Lipinski definition) is 1. The number of benzene rings is 4. The van der Waals surface area contributed by atoms with Crippen LogP contribution in [0.1, 0.15) is 37.5 Å². The summed E-state index contributed by atoms with van der Waals surface area (Å²) >= 11 is 0. The Morgan fingerprint density at radius 1 is 0.810 bits per heavy atom. The Bertz CT molecular complexity index is 1640. The molecular formula is C34H39N3O4S. The molecule has 0 fully saturated rings. The van der Waals surface area contributed by atoms with Crippen molar-refractivity contribution in [3.63, 3.8) is 0 Å². The van der Waals surface area contributed by atoms with Crippen LogP contribution in [0, 0.1) is 6.92 Å². The van der Waals surface area contributed by atoms with Crippen molar-refractivity contribution in [3.05, 3.63) is 114 Å². The summed E-state index contributed by atoms with van der Waals surface area (Å²) in [6, 6.07) is 29.3. The smallest absolute Gasteiger partial charge is 0.244 e. The van der Waals surface area contributed by atoms with Crippen molar-refractivity contribution in [1.29, 1.82) is 0 Å². The summed E-state index contributed by atoms with van der Waals surface area (Å²) in [6.45, 7) is 7.34. The van der Waals surface area contributed by atoms with Crippen molar-refractivity contribution in [1.82, 2.24) is 10.2 Å². The second kappa shape index (κ2) is 12.8. The van der Waals surface area contributed by atoms with Crippen LogP contribution in [0.15, 0.2) is 97.1 Å². The summed E-state index contributed by atoms with van der Waals surface area (Å²) in [4.78, 5) is 29.7. The highest BCUT2D eigenvalue weighted by atomic mass is 32.2. The van der Waals surface area contributed by atoms with Crippen LogP contribution in [0.5, 0.6) is 0 Å². The average molecular weight is 586 g/mol. The summed E-state index contributed by atoms with van der Waals surface area (Å²) in [7, 11) is -3.86. The Hall–Kier alpha value is -4.17. The molecule has 0 bridgehead atoms. The first-order valence-electron chi connectivity index (χ1n) is 14.0. The third-order valence-electron chi connectivity index (χ3n) is 6.96. The molecule has 0 aromatic heterocycles. The van der Waals surface area contributed by atoms with E-state index >= 15 is 0 Å². The molecule has 4 aromatic carbocycles. The number of rotatable bonds is 10. The fourth-order valence-electron chi connectivity index (χ4n) is 4.92. The molecule has 0 aliphatic carbocycles. The van der Waals surface area contributed by atoms with E-state index in [4.69, 9.17) is 0 Å². The molecule has 0 spiro atoms. The average Bonchev–Trinajstić information content (AvgIpc) is 2.93. The van der Waals surface area contributed by atoms with Gasteiger partial charge in [-0.15, -0.1) is 0 Å². The van der Waals surface area contributed by atoms with Crippen LogP contribution in [0.25, 0.3) is 10.8 Å². The van der Waals surface area contributed by atoms with Crippen LogP contribution in [0.3, 0.4) is 0 Å². The first kappa shape index (κ1) is 30.8. The van der Waals surface area contributed by atoms with Gasteiger partial charge in [0.05, 0.1) is 11.9 Å². The summed E-state index contributed by atoms with van der Waals surface area (Å²) in [5, 5.41) is 4.62. The summed E-state index contributed by atoms with van der Waals surface area (Å²) < 4.78 is 27.5. The molecular weight excluding hydrogens is 546 g/mol. The Morgan fingerprint density at radius 2 is 1.43 bits per heavy atom. The molecule has 8 heteroatoms. The predicted molar refractivity (Wildman–Crippen MR) is 170 cm³/mol. The maximum absolute atomic E-state index is 14.3. The number of aryl methyl sites for hydroxylation is 1. The Labute approximate surface area is 249 Å². The lowest BCUT2D eigenvalue weighted by atomic mass is 10.0. The van der Waals surface area contributed by atoms with E-state index in [1.165, 1.54) is 4.90 Å². The minimum absolute atomic E-state index is 0.140. The Morgan fingerprint density at radius 3 is 2.07 bits per heavy atom. The van der Waals surface area contributed by atoms with E-state index in [-0.39, 0.29) is 18.9 Å². The van der Waals surface area contributed by atoms with Gasteiger partial charge in [-0.2, -0.15) is 0 Å². The zero-order valence-corrected chi connectivity index (χ0v) is 25.7. The maximum atomic E-state index is 14.3. The normalized spacial score (nSPS) is 12.5. The number of carbonyl (C=O) groups excluding carboxylic acids is 2. The zero-order valence-electron chi connectivity index (χ0n) is 24.9. The van der Waals surface area contributed by atoms with Crippen molar-refractivity contribution in [2.75, 3.05) is 17.1 Å². The molecule has 0 radical (unpaired) electrons. The maximum Gasteiger partial charge on any atom is 0.244 e. The van der Waals surface area contributed by atoms with E-state index in [2.05, 4.69) is 5.32 Å². The third-order valence-corrected chi connectivity index (χ3v) is 8.08. The van der Waals surface area contributed by atoms with Gasteiger partial charge in [0.15, 0.2) is 0 Å². The molecule has 0 heterocycles. The van der Waals surface area contributed by atoms with E-state index in [9.17, 15) is 18.0 Å². The molecule has 7 nitrogen and oxygen atoms in total. The minimum Gasteiger partial charge on any atom is -0.350 e. The molecule has 0 saturated heterocycles. The first-order chi connectivity index (χ1) is 19.8. The van der Waals surface area contributed by atoms with Gasteiger partial charge in [-0.05, 0) is 50.3 Å². The number of nitrogens with zero attached hydrogens (tertiary/aromatic N) is 2. The van der Waals surface area contributed by atoms with Crippen molar-refractivity contribution >= 4 is 38.3 Å². The lowest BCUT2D eigenvalue weighted by Crippen LogP contribution is -2.56. The van der Waals surface area contributed by atoms with Crippen LogP contribution >= 0.6 is 0 Å². The number of hydrogen-bond acceptors (Lipinski definition) is 4. The van der Waals surface area contributed by atoms with Crippen LogP contribution in [-0.2, 0) is 32.6 Å². The SMILES string of the molecule is Cc1ccc(CN(C(=O)CN(c2cccc3ccccc23)S(C)(=O)=O)[C@H](Cc2ccccc2)C(=O)NC(C)(C)C)cc1. The van der Waals surface area contributed by atoms with E-state index in [0.29, 0.717) is 5.69 Å².